The average Bonchev–Trinajstić information content (AvgIpc) is 3.08. The largest absolute Gasteiger partial charge is 0.507 e. The summed E-state index contributed by atoms with van der Waals surface area (Å²) in [6.45, 7) is 0.561. The van der Waals surface area contributed by atoms with Crippen molar-refractivity contribution in [3.05, 3.63) is 99.5 Å². The summed E-state index contributed by atoms with van der Waals surface area (Å²) in [5, 5.41) is 13.0. The van der Waals surface area contributed by atoms with Crippen molar-refractivity contribution < 1.29 is 9.90 Å². The van der Waals surface area contributed by atoms with Gasteiger partial charge >= 0.3 is 0 Å². The highest BCUT2D eigenvalue weighted by atomic mass is 79.9. The van der Waals surface area contributed by atoms with Crippen LogP contribution in [0.4, 0.5) is 0 Å². The minimum Gasteiger partial charge on any atom is -0.507 e. The van der Waals surface area contributed by atoms with Crippen molar-refractivity contribution in [2.45, 2.75) is 6.54 Å². The Morgan fingerprint density at radius 3 is 2.38 bits per heavy atom. The van der Waals surface area contributed by atoms with Crippen LogP contribution in [0.3, 0.4) is 0 Å². The van der Waals surface area contributed by atoms with Crippen molar-refractivity contribution in [2.24, 2.45) is 5.73 Å². The number of primary amides is 1. The standard InChI is InChI=1S/C26H18BrClN2O2/c27-18-4-1-3-15(11-18)14-30-21-6-2-5-20(26(29)32)24(21)25-22(30)12-17(13-23(25)31)16-7-9-19(28)10-8-16/h1-13,31H,14H2,(H2,29,32). The van der Waals surface area contributed by atoms with E-state index in [9.17, 15) is 9.90 Å². The zero-order chi connectivity index (χ0) is 22.4. The Morgan fingerprint density at radius 2 is 1.66 bits per heavy atom. The SMILES string of the molecule is NC(=O)c1cccc2c1c1c(O)cc(-c3ccc(Cl)cc3)cc1n2Cc1cccc(Br)c1. The lowest BCUT2D eigenvalue weighted by Crippen LogP contribution is -2.11. The Kier molecular flexibility index (Phi) is 5.16. The van der Waals surface area contributed by atoms with E-state index in [0.29, 0.717) is 27.9 Å². The van der Waals surface area contributed by atoms with Crippen LogP contribution in [0.15, 0.2) is 83.3 Å². The number of phenolic OH excluding ortho intramolecular Hbond substituents is 1. The monoisotopic (exact) mass is 504 g/mol. The number of benzene rings is 4. The first-order chi connectivity index (χ1) is 15.4. The molecule has 0 atom stereocenters. The Morgan fingerprint density at radius 1 is 0.906 bits per heavy atom. The molecule has 0 radical (unpaired) electrons. The molecule has 0 saturated heterocycles. The maximum absolute atomic E-state index is 12.2. The number of carbonyl (C=O) groups is 1. The lowest BCUT2D eigenvalue weighted by molar-refractivity contribution is 0.100. The molecule has 1 amide bonds. The van der Waals surface area contributed by atoms with E-state index in [1.54, 1.807) is 12.1 Å². The zero-order valence-corrected chi connectivity index (χ0v) is 19.2. The highest BCUT2D eigenvalue weighted by molar-refractivity contribution is 9.10. The molecule has 4 aromatic carbocycles. The van der Waals surface area contributed by atoms with E-state index >= 15 is 0 Å². The van der Waals surface area contributed by atoms with Crippen molar-refractivity contribution in [3.63, 3.8) is 0 Å². The number of nitrogens with two attached hydrogens (primary N) is 1. The first kappa shape index (κ1) is 20.6. The number of rotatable bonds is 4. The lowest BCUT2D eigenvalue weighted by Gasteiger charge is -2.10. The van der Waals surface area contributed by atoms with Crippen LogP contribution in [-0.4, -0.2) is 15.6 Å². The van der Waals surface area contributed by atoms with Gasteiger partial charge in [0.2, 0.25) is 5.91 Å². The number of carbonyl (C=O) groups excluding carboxylic acids is 1. The van der Waals surface area contributed by atoms with Gasteiger partial charge in [0.25, 0.3) is 0 Å². The van der Waals surface area contributed by atoms with Gasteiger partial charge in [-0.2, -0.15) is 0 Å². The summed E-state index contributed by atoms with van der Waals surface area (Å²) in [6.07, 6.45) is 0. The van der Waals surface area contributed by atoms with Gasteiger partial charge in [-0.25, -0.2) is 0 Å². The van der Waals surface area contributed by atoms with E-state index in [1.165, 1.54) is 0 Å². The number of hydrogen-bond donors (Lipinski definition) is 2. The molecule has 4 nitrogen and oxygen atoms in total. The number of aromatic hydroxyl groups is 1. The molecule has 0 fully saturated rings. The van der Waals surface area contributed by atoms with E-state index in [-0.39, 0.29) is 5.75 Å². The summed E-state index contributed by atoms with van der Waals surface area (Å²) >= 11 is 9.59. The number of amides is 1. The van der Waals surface area contributed by atoms with Gasteiger partial charge in [-0.1, -0.05) is 57.9 Å². The fourth-order valence-electron chi connectivity index (χ4n) is 4.24. The molecule has 0 aliphatic heterocycles. The average molecular weight is 506 g/mol. The lowest BCUT2D eigenvalue weighted by atomic mass is 10.0. The number of nitrogens with zero attached hydrogens (tertiary/aromatic N) is 1. The van der Waals surface area contributed by atoms with Crippen molar-refractivity contribution in [1.29, 1.82) is 0 Å². The quantitative estimate of drug-likeness (QED) is 0.284. The maximum atomic E-state index is 12.2. The van der Waals surface area contributed by atoms with Crippen LogP contribution in [0.2, 0.25) is 5.02 Å². The Labute approximate surface area is 198 Å². The van der Waals surface area contributed by atoms with E-state index in [2.05, 4.69) is 26.6 Å². The number of phenols is 1. The normalized spacial score (nSPS) is 11.3. The topological polar surface area (TPSA) is 68.2 Å². The number of aromatic nitrogens is 1. The predicted octanol–water partition coefficient (Wildman–Crippen LogP) is 6.73. The highest BCUT2D eigenvalue weighted by Gasteiger charge is 2.20. The number of hydrogen-bond acceptors (Lipinski definition) is 2. The summed E-state index contributed by atoms with van der Waals surface area (Å²) in [4.78, 5) is 12.2. The molecule has 0 saturated carbocycles. The fraction of sp³-hybridized carbons (Fsp3) is 0.0385. The van der Waals surface area contributed by atoms with Crippen molar-refractivity contribution >= 4 is 55.2 Å². The number of fused-ring (bicyclic) bond motifs is 3. The maximum Gasteiger partial charge on any atom is 0.249 e. The predicted molar refractivity (Wildman–Crippen MR) is 133 cm³/mol. The second-order valence-electron chi connectivity index (χ2n) is 7.68. The van der Waals surface area contributed by atoms with Gasteiger partial charge in [0.15, 0.2) is 0 Å². The minimum absolute atomic E-state index is 0.0964. The smallest absolute Gasteiger partial charge is 0.249 e. The molecule has 158 valence electrons. The van der Waals surface area contributed by atoms with Crippen molar-refractivity contribution in [3.8, 4) is 16.9 Å². The molecular formula is C26H18BrClN2O2. The highest BCUT2D eigenvalue weighted by Crippen LogP contribution is 2.40. The van der Waals surface area contributed by atoms with Crippen molar-refractivity contribution in [1.82, 2.24) is 4.57 Å². The molecule has 1 aromatic heterocycles. The Balaban J connectivity index is 1.84. The summed E-state index contributed by atoms with van der Waals surface area (Å²) in [5.74, 6) is -0.433. The first-order valence-electron chi connectivity index (χ1n) is 10.0. The van der Waals surface area contributed by atoms with Crippen LogP contribution >= 0.6 is 27.5 Å². The summed E-state index contributed by atoms with van der Waals surface area (Å²) < 4.78 is 3.09. The molecule has 5 aromatic rings. The van der Waals surface area contributed by atoms with E-state index in [4.69, 9.17) is 17.3 Å². The number of halogens is 2. The fourth-order valence-corrected chi connectivity index (χ4v) is 4.81. The summed E-state index contributed by atoms with van der Waals surface area (Å²) in [7, 11) is 0. The van der Waals surface area contributed by atoms with Gasteiger partial charge in [0.1, 0.15) is 5.75 Å². The molecule has 0 bridgehead atoms. The zero-order valence-electron chi connectivity index (χ0n) is 16.8. The molecule has 3 N–H and O–H groups in total. The molecule has 6 heteroatoms. The van der Waals surface area contributed by atoms with Crippen LogP contribution < -0.4 is 5.73 Å². The third kappa shape index (κ3) is 3.53. The summed E-state index contributed by atoms with van der Waals surface area (Å²) in [6, 6.07) is 24.7. The second-order valence-corrected chi connectivity index (χ2v) is 9.03. The van der Waals surface area contributed by atoms with Gasteiger partial charge in [-0.15, -0.1) is 0 Å². The molecule has 32 heavy (non-hydrogen) atoms. The third-order valence-corrected chi connectivity index (χ3v) is 6.39. The second kappa shape index (κ2) is 8.01. The minimum atomic E-state index is -0.529. The Bertz CT molecular complexity index is 1510. The van der Waals surface area contributed by atoms with E-state index in [0.717, 1.165) is 32.2 Å². The first-order valence-corrected chi connectivity index (χ1v) is 11.2. The Hall–Kier alpha value is -3.28. The molecule has 0 aliphatic rings. The van der Waals surface area contributed by atoms with Gasteiger partial charge in [-0.05, 0) is 65.2 Å². The van der Waals surface area contributed by atoms with Gasteiger partial charge < -0.3 is 15.4 Å². The van der Waals surface area contributed by atoms with E-state index in [1.807, 2.05) is 60.7 Å². The van der Waals surface area contributed by atoms with Crippen LogP contribution in [-0.2, 0) is 6.54 Å². The molecule has 0 spiro atoms. The molecule has 0 aliphatic carbocycles. The van der Waals surface area contributed by atoms with Crippen LogP contribution in [0.5, 0.6) is 5.75 Å². The molecule has 0 unspecified atom stereocenters. The van der Waals surface area contributed by atoms with Gasteiger partial charge in [0, 0.05) is 27.0 Å². The molecule has 1 heterocycles. The van der Waals surface area contributed by atoms with Gasteiger partial charge in [-0.3, -0.25) is 4.79 Å². The molecular weight excluding hydrogens is 488 g/mol. The third-order valence-electron chi connectivity index (χ3n) is 5.64. The van der Waals surface area contributed by atoms with Crippen molar-refractivity contribution in [2.75, 3.05) is 0 Å². The van der Waals surface area contributed by atoms with E-state index < -0.39 is 5.91 Å². The van der Waals surface area contributed by atoms with Crippen LogP contribution in [0.1, 0.15) is 15.9 Å². The summed E-state index contributed by atoms with van der Waals surface area (Å²) in [5.41, 5.74) is 10.6. The van der Waals surface area contributed by atoms with Crippen LogP contribution in [0, 0.1) is 0 Å². The molecule has 5 rings (SSSR count). The van der Waals surface area contributed by atoms with Gasteiger partial charge in [0.05, 0.1) is 16.4 Å². The van der Waals surface area contributed by atoms with Crippen LogP contribution in [0.25, 0.3) is 32.9 Å².